The minimum absolute atomic E-state index is 0. The van der Waals surface area contributed by atoms with Crippen molar-refractivity contribution in [3.8, 4) is 23.0 Å². The Hall–Kier alpha value is -2.44. The fourth-order valence-electron chi connectivity index (χ4n) is 7.17. The molecule has 4 aromatic rings. The van der Waals surface area contributed by atoms with Gasteiger partial charge in [0, 0.05) is 0 Å². The number of hydrogen-bond donors (Lipinski definition) is 0. The Morgan fingerprint density at radius 1 is 0.393 bits per heavy atom. The van der Waals surface area contributed by atoms with Crippen molar-refractivity contribution < 1.29 is 35.4 Å². The molecule has 61 heavy (non-hydrogen) atoms. The Balaban J connectivity index is 0.000000413. The third kappa shape index (κ3) is 24.3. The van der Waals surface area contributed by atoms with Gasteiger partial charge in [0.1, 0.15) is 43.2 Å². The Morgan fingerprint density at radius 2 is 0.672 bits per heavy atom. The third-order valence-corrected chi connectivity index (χ3v) is 12.4. The first-order valence-corrected chi connectivity index (χ1v) is 25.5. The van der Waals surface area contributed by atoms with Gasteiger partial charge in [-0.05, 0) is 85.3 Å². The van der Waals surface area contributed by atoms with Crippen LogP contribution in [0.3, 0.4) is 0 Å². The molecule has 0 aliphatic carbocycles. The predicted molar refractivity (Wildman–Crippen MR) is 248 cm³/mol. The molecule has 0 aliphatic heterocycles. The second-order valence-electron chi connectivity index (χ2n) is 15.8. The summed E-state index contributed by atoms with van der Waals surface area (Å²) in [5, 5.41) is 0. The van der Waals surface area contributed by atoms with Gasteiger partial charge < -0.3 is 18.6 Å². The zero-order chi connectivity index (χ0) is 43.3. The summed E-state index contributed by atoms with van der Waals surface area (Å²) in [5.74, 6) is 2.15. The van der Waals surface area contributed by atoms with Gasteiger partial charge in [0.25, 0.3) is 0 Å². The van der Waals surface area contributed by atoms with Crippen molar-refractivity contribution in [3.05, 3.63) is 108 Å². The summed E-state index contributed by atoms with van der Waals surface area (Å²) in [4.78, 5) is -0.507. The zero-order valence-electron chi connectivity index (χ0n) is 37.0. The first-order valence-electron chi connectivity index (χ1n) is 22.6. The Kier molecular flexibility index (Phi) is 28.9. The largest absolute Gasteiger partial charge is 2.00 e. The van der Waals surface area contributed by atoms with E-state index >= 15 is 0 Å². The van der Waals surface area contributed by atoms with E-state index in [4.69, 9.17) is 9.47 Å². The summed E-state index contributed by atoms with van der Waals surface area (Å²) >= 11 is 0. The molecule has 0 heterocycles. The van der Waals surface area contributed by atoms with Crippen LogP contribution >= 0.6 is 0 Å². The molecule has 8 nitrogen and oxygen atoms in total. The molecule has 0 saturated heterocycles. The fourth-order valence-corrected chi connectivity index (χ4v) is 8.15. The van der Waals surface area contributed by atoms with Crippen LogP contribution in [0.4, 0.5) is 0 Å². The normalized spacial score (nSPS) is 11.3. The van der Waals surface area contributed by atoms with Gasteiger partial charge in [-0.3, -0.25) is 0 Å². The van der Waals surface area contributed by atoms with Crippen molar-refractivity contribution >= 4 is 58.0 Å². The summed E-state index contributed by atoms with van der Waals surface area (Å²) in [6.07, 6.45) is 29.7. The van der Waals surface area contributed by atoms with Crippen molar-refractivity contribution in [3.63, 3.8) is 0 Å². The predicted octanol–water partition coefficient (Wildman–Crippen LogP) is 14.1. The maximum Gasteiger partial charge on any atom is 2.00 e. The van der Waals surface area contributed by atoms with Crippen molar-refractivity contribution in [1.82, 2.24) is 0 Å². The average Bonchev–Trinajstić information content (AvgIpc) is 3.23. The van der Waals surface area contributed by atoms with Crippen LogP contribution in [-0.2, 0) is 33.1 Å². The second kappa shape index (κ2) is 32.3. The van der Waals surface area contributed by atoms with Crippen LogP contribution in [0.2, 0.25) is 0 Å². The van der Waals surface area contributed by atoms with Gasteiger partial charge in [-0.2, -0.15) is 0 Å². The third-order valence-electron chi connectivity index (χ3n) is 10.7. The van der Waals surface area contributed by atoms with E-state index in [-0.39, 0.29) is 47.5 Å². The minimum Gasteiger partial charge on any atom is -0.744 e. The van der Waals surface area contributed by atoms with E-state index in [1.54, 1.807) is 12.1 Å². The van der Waals surface area contributed by atoms with Gasteiger partial charge in [-0.15, -0.1) is 0 Å². The Labute approximate surface area is 399 Å². The first-order chi connectivity index (χ1) is 29.0. The summed E-state index contributed by atoms with van der Waals surface area (Å²) < 4.78 is 80.2. The summed E-state index contributed by atoms with van der Waals surface area (Å²) in [6.45, 7) is 4.49. The topological polar surface area (TPSA) is 133 Å². The maximum absolute atomic E-state index is 11.4. The van der Waals surface area contributed by atoms with Crippen molar-refractivity contribution in [2.45, 2.75) is 178 Å². The molecule has 0 atom stereocenters. The monoisotopic (exact) mass is 902 g/mol. The van der Waals surface area contributed by atoms with Crippen LogP contribution in [0.1, 0.15) is 166 Å². The van der Waals surface area contributed by atoms with Crippen LogP contribution in [-0.4, -0.2) is 63.7 Å². The quantitative estimate of drug-likeness (QED) is 0.0287. The van der Waals surface area contributed by atoms with Gasteiger partial charge in [0.05, 0.1) is 9.79 Å². The smallest absolute Gasteiger partial charge is 0.744 e. The van der Waals surface area contributed by atoms with Gasteiger partial charge in [0.2, 0.25) is 0 Å². The van der Waals surface area contributed by atoms with Crippen LogP contribution in [0, 0.1) is 0 Å². The molecular weight excluding hydrogens is 833 g/mol. The molecule has 4 rings (SSSR count). The Morgan fingerprint density at radius 3 is 0.951 bits per heavy atom. The van der Waals surface area contributed by atoms with Crippen molar-refractivity contribution in [2.24, 2.45) is 0 Å². The van der Waals surface area contributed by atoms with E-state index < -0.39 is 20.2 Å². The number of benzene rings is 4. The number of rotatable bonds is 30. The van der Waals surface area contributed by atoms with E-state index in [0.29, 0.717) is 23.0 Å². The number of para-hydroxylation sites is 2. The molecule has 0 aliphatic rings. The molecule has 0 radical (unpaired) electrons. The van der Waals surface area contributed by atoms with Gasteiger partial charge in [0.15, 0.2) is 0 Å². The summed E-state index contributed by atoms with van der Waals surface area (Å²) in [6, 6.07) is 27.3. The van der Waals surface area contributed by atoms with Gasteiger partial charge in [-0.1, -0.05) is 191 Å². The van der Waals surface area contributed by atoms with Crippen LogP contribution in [0.5, 0.6) is 23.0 Å². The number of unbranched alkanes of at least 4 members (excludes halogenated alkanes) is 20. The number of aryl methyl sites for hydroxylation is 2. The number of hydrogen-bond acceptors (Lipinski definition) is 8. The molecular formula is C50H70CaO8S2. The molecule has 0 spiro atoms. The molecule has 11 heteroatoms. The molecule has 0 fully saturated rings. The molecule has 332 valence electrons. The minimum atomic E-state index is -4.51. The van der Waals surface area contributed by atoms with Crippen molar-refractivity contribution in [1.29, 1.82) is 0 Å². The van der Waals surface area contributed by atoms with E-state index in [0.717, 1.165) is 49.7 Å². The van der Waals surface area contributed by atoms with Crippen molar-refractivity contribution in [2.75, 3.05) is 0 Å². The van der Waals surface area contributed by atoms with E-state index in [2.05, 4.69) is 13.8 Å². The SMILES string of the molecule is CCCCCCCCCCCCCc1ccc(S(=O)(=O)[O-])cc1Oc1ccccc1.CCCCCCCCCCCCCc1ccc(S(=O)(=O)[O-])cc1Oc1ccccc1.[Ca+2]. The molecule has 0 bridgehead atoms. The zero-order valence-corrected chi connectivity index (χ0v) is 40.8. The molecule has 0 saturated carbocycles. The summed E-state index contributed by atoms with van der Waals surface area (Å²) in [7, 11) is -9.02. The van der Waals surface area contributed by atoms with E-state index in [9.17, 15) is 25.9 Å². The molecule has 4 aromatic carbocycles. The standard InChI is InChI=1S/2C25H36O4S.Ca/c2*1-2-3-4-5-6-7-8-9-10-11-13-16-22-19-20-24(30(26,27)28)21-25(22)29-23-17-14-12-15-18-23;/h2*12,14-15,17-21H,2-11,13,16H2,1H3,(H,26,27,28);/q;;+2/p-2. The second-order valence-corrected chi connectivity index (χ2v) is 18.6. The Bertz CT molecular complexity index is 1810. The molecule has 0 unspecified atom stereocenters. The van der Waals surface area contributed by atoms with Crippen LogP contribution in [0.25, 0.3) is 0 Å². The summed E-state index contributed by atoms with van der Waals surface area (Å²) in [5.41, 5.74) is 1.87. The maximum atomic E-state index is 11.4. The van der Waals surface area contributed by atoms with Crippen LogP contribution in [0.15, 0.2) is 107 Å². The fraction of sp³-hybridized carbons (Fsp3) is 0.520. The average molecular weight is 903 g/mol. The molecule has 0 amide bonds. The van der Waals surface area contributed by atoms with E-state index in [1.165, 1.54) is 140 Å². The molecule has 0 N–H and O–H groups in total. The van der Waals surface area contributed by atoms with Gasteiger partial charge >= 0.3 is 37.7 Å². The molecule has 0 aromatic heterocycles. The number of ether oxygens (including phenoxy) is 2. The van der Waals surface area contributed by atoms with E-state index in [1.807, 2.05) is 60.7 Å². The van der Waals surface area contributed by atoms with Gasteiger partial charge in [-0.25, -0.2) is 16.8 Å². The first kappa shape index (κ1) is 54.7. The van der Waals surface area contributed by atoms with Crippen LogP contribution < -0.4 is 9.47 Å².